The van der Waals surface area contributed by atoms with Crippen LogP contribution in [-0.2, 0) is 14.2 Å². The number of carbonyl (C=O) groups is 1. The van der Waals surface area contributed by atoms with Crippen molar-refractivity contribution in [1.29, 1.82) is 0 Å². The molecule has 0 aliphatic carbocycles. The van der Waals surface area contributed by atoms with Gasteiger partial charge in [-0.05, 0) is 12.1 Å². The van der Waals surface area contributed by atoms with E-state index in [2.05, 4.69) is 14.2 Å². The SMILES string of the molecule is O=C(NC(OCC1COC(C(F)(F)F)(C(F)(F)F)O1)(C(F)(F)F)C(F)(F)F)c1ccccc1. The summed E-state index contributed by atoms with van der Waals surface area (Å²) >= 11 is 0. The molecule has 33 heavy (non-hydrogen) atoms. The second kappa shape index (κ2) is 8.50. The fraction of sp³-hybridized carbons (Fsp3) is 0.562. The molecule has 0 spiro atoms. The third-order valence-electron chi connectivity index (χ3n) is 4.16. The Morgan fingerprint density at radius 1 is 0.909 bits per heavy atom. The fourth-order valence-electron chi connectivity index (χ4n) is 2.59. The summed E-state index contributed by atoms with van der Waals surface area (Å²) in [5, 5.41) is 0.580. The number of ether oxygens (including phenoxy) is 3. The van der Waals surface area contributed by atoms with Crippen molar-refractivity contribution in [3.63, 3.8) is 0 Å². The van der Waals surface area contributed by atoms with Crippen molar-refractivity contribution in [3.05, 3.63) is 35.9 Å². The van der Waals surface area contributed by atoms with Crippen LogP contribution in [0.2, 0.25) is 0 Å². The van der Waals surface area contributed by atoms with Gasteiger partial charge in [0, 0.05) is 5.56 Å². The highest BCUT2D eigenvalue weighted by molar-refractivity contribution is 5.94. The number of alkyl halides is 12. The summed E-state index contributed by atoms with van der Waals surface area (Å²) < 4.78 is 169. The van der Waals surface area contributed by atoms with Gasteiger partial charge in [0.15, 0.2) is 0 Å². The zero-order valence-electron chi connectivity index (χ0n) is 15.5. The zero-order chi connectivity index (χ0) is 25.5. The lowest BCUT2D eigenvalue weighted by Gasteiger charge is -2.38. The molecule has 2 rings (SSSR count). The average molecular weight is 509 g/mol. The molecule has 1 aliphatic heterocycles. The Kier molecular flexibility index (Phi) is 6.95. The van der Waals surface area contributed by atoms with Gasteiger partial charge in [-0.3, -0.25) is 4.79 Å². The lowest BCUT2D eigenvalue weighted by atomic mass is 10.1. The van der Waals surface area contributed by atoms with Crippen molar-refractivity contribution in [2.75, 3.05) is 13.2 Å². The zero-order valence-corrected chi connectivity index (χ0v) is 15.5. The van der Waals surface area contributed by atoms with Crippen molar-refractivity contribution in [2.24, 2.45) is 0 Å². The first-order valence-electron chi connectivity index (χ1n) is 8.37. The van der Waals surface area contributed by atoms with E-state index in [4.69, 9.17) is 0 Å². The van der Waals surface area contributed by atoms with E-state index in [1.54, 1.807) is 0 Å². The Hall–Kier alpha value is -2.27. The summed E-state index contributed by atoms with van der Waals surface area (Å²) in [5.41, 5.74) is -6.19. The Labute approximate surface area is 175 Å². The highest BCUT2D eigenvalue weighted by Crippen LogP contribution is 2.50. The van der Waals surface area contributed by atoms with Crippen LogP contribution >= 0.6 is 0 Å². The molecule has 5 nitrogen and oxygen atoms in total. The first kappa shape index (κ1) is 27.0. The minimum atomic E-state index is -6.46. The molecule has 1 heterocycles. The molecule has 1 saturated heterocycles. The summed E-state index contributed by atoms with van der Waals surface area (Å²) in [7, 11) is 0. The monoisotopic (exact) mass is 509 g/mol. The molecule has 188 valence electrons. The molecule has 1 aromatic carbocycles. The lowest BCUT2D eigenvalue weighted by molar-refractivity contribution is -0.445. The summed E-state index contributed by atoms with van der Waals surface area (Å²) in [6.45, 7) is -3.85. The molecule has 1 atom stereocenters. The normalized spacial score (nSPS) is 20.1. The predicted octanol–water partition coefficient (Wildman–Crippen LogP) is 4.49. The van der Waals surface area contributed by atoms with Gasteiger partial charge in [0.1, 0.15) is 6.10 Å². The molecule has 1 fully saturated rings. The van der Waals surface area contributed by atoms with Crippen LogP contribution in [0.5, 0.6) is 0 Å². The average Bonchev–Trinajstić information content (AvgIpc) is 3.09. The van der Waals surface area contributed by atoms with E-state index < -0.39 is 67.0 Å². The smallest absolute Gasteiger partial charge is 0.338 e. The van der Waals surface area contributed by atoms with Gasteiger partial charge in [-0.1, -0.05) is 18.2 Å². The lowest BCUT2D eigenvalue weighted by Crippen LogP contribution is -2.69. The van der Waals surface area contributed by atoms with Crippen molar-refractivity contribution in [2.45, 2.75) is 42.3 Å². The highest BCUT2D eigenvalue weighted by Gasteiger charge is 2.78. The maximum Gasteiger partial charge on any atom is 0.453 e. The number of rotatable bonds is 5. The predicted molar refractivity (Wildman–Crippen MR) is 80.4 cm³/mol. The Bertz CT molecular complexity index is 803. The number of benzene rings is 1. The fourth-order valence-corrected chi connectivity index (χ4v) is 2.59. The van der Waals surface area contributed by atoms with Crippen LogP contribution in [0.15, 0.2) is 30.3 Å². The highest BCUT2D eigenvalue weighted by atomic mass is 19.4. The molecule has 17 heteroatoms. The maximum absolute atomic E-state index is 13.5. The summed E-state index contributed by atoms with van der Waals surface area (Å²) in [6.07, 6.45) is -28.2. The molecule has 1 unspecified atom stereocenters. The maximum atomic E-state index is 13.5. The van der Waals surface area contributed by atoms with E-state index in [1.165, 1.54) is 6.07 Å². The van der Waals surface area contributed by atoms with Gasteiger partial charge >= 0.3 is 36.2 Å². The number of halogens is 12. The van der Waals surface area contributed by atoms with Crippen molar-refractivity contribution >= 4 is 5.91 Å². The van der Waals surface area contributed by atoms with Gasteiger partial charge in [-0.25, -0.2) is 0 Å². The van der Waals surface area contributed by atoms with Crippen molar-refractivity contribution < 1.29 is 71.7 Å². The van der Waals surface area contributed by atoms with E-state index in [9.17, 15) is 57.5 Å². The molecule has 0 saturated carbocycles. The van der Waals surface area contributed by atoms with Crippen molar-refractivity contribution in [3.8, 4) is 0 Å². The first-order chi connectivity index (χ1) is 14.8. The quantitative estimate of drug-likeness (QED) is 0.470. The Morgan fingerprint density at radius 3 is 1.79 bits per heavy atom. The molecular formula is C16H11F12NO4. The Morgan fingerprint density at radius 2 is 1.39 bits per heavy atom. The number of amides is 1. The topological polar surface area (TPSA) is 56.8 Å². The minimum Gasteiger partial charge on any atom is -0.338 e. The summed E-state index contributed by atoms with van der Waals surface area (Å²) in [5.74, 6) is -7.24. The van der Waals surface area contributed by atoms with E-state index in [1.807, 2.05) is 0 Å². The van der Waals surface area contributed by atoms with Crippen LogP contribution in [0.3, 0.4) is 0 Å². The van der Waals surface area contributed by atoms with Crippen LogP contribution in [0.4, 0.5) is 52.7 Å². The standard InChI is InChI=1S/C16H11F12NO4/c17-13(18,19)11(14(20,21)22,29-10(30)8-4-2-1-3-5-8)31-6-9-7-32-12(33-9,15(23,24)25)16(26,27)28/h1-5,9H,6-7H2,(H,29,30). The first-order valence-corrected chi connectivity index (χ1v) is 8.37. The third-order valence-corrected chi connectivity index (χ3v) is 4.16. The van der Waals surface area contributed by atoms with Crippen molar-refractivity contribution in [1.82, 2.24) is 5.32 Å². The van der Waals surface area contributed by atoms with Gasteiger partial charge in [0.05, 0.1) is 13.2 Å². The van der Waals surface area contributed by atoms with Crippen LogP contribution in [0.25, 0.3) is 0 Å². The summed E-state index contributed by atoms with van der Waals surface area (Å²) in [6, 6.07) is 5.13. The molecule has 1 amide bonds. The number of carbonyl (C=O) groups excluding carboxylic acids is 1. The Balaban J connectivity index is 2.34. The van der Waals surface area contributed by atoms with Gasteiger partial charge in [-0.15, -0.1) is 0 Å². The third kappa shape index (κ3) is 4.98. The molecule has 0 aromatic heterocycles. The second-order valence-electron chi connectivity index (χ2n) is 6.47. The number of nitrogens with one attached hydrogen (secondary N) is 1. The molecular weight excluding hydrogens is 498 g/mol. The molecule has 1 aliphatic rings. The van der Waals surface area contributed by atoms with Crippen LogP contribution in [-0.4, -0.2) is 61.4 Å². The molecule has 1 N–H and O–H groups in total. The van der Waals surface area contributed by atoms with Crippen LogP contribution in [0.1, 0.15) is 10.4 Å². The largest absolute Gasteiger partial charge is 0.453 e. The van der Waals surface area contributed by atoms with Gasteiger partial charge in [0.2, 0.25) is 0 Å². The van der Waals surface area contributed by atoms with Crippen LogP contribution < -0.4 is 5.32 Å². The van der Waals surface area contributed by atoms with Gasteiger partial charge in [-0.2, -0.15) is 52.7 Å². The van der Waals surface area contributed by atoms with Crippen LogP contribution in [0, 0.1) is 0 Å². The van der Waals surface area contributed by atoms with E-state index in [0.29, 0.717) is 5.32 Å². The number of hydrogen-bond acceptors (Lipinski definition) is 4. The summed E-state index contributed by atoms with van der Waals surface area (Å²) in [4.78, 5) is 12.0. The van der Waals surface area contributed by atoms with E-state index in [-0.39, 0.29) is 0 Å². The molecule has 1 aromatic rings. The van der Waals surface area contributed by atoms with E-state index in [0.717, 1.165) is 24.3 Å². The molecule has 0 radical (unpaired) electrons. The minimum absolute atomic E-state index is 0.580. The second-order valence-corrected chi connectivity index (χ2v) is 6.47. The van der Waals surface area contributed by atoms with E-state index >= 15 is 0 Å². The number of hydrogen-bond donors (Lipinski definition) is 1. The van der Waals surface area contributed by atoms with Gasteiger partial charge in [0.25, 0.3) is 5.91 Å². The van der Waals surface area contributed by atoms with Gasteiger partial charge < -0.3 is 19.5 Å². The molecule has 0 bridgehead atoms.